The summed E-state index contributed by atoms with van der Waals surface area (Å²) in [5.74, 6) is -1.54. The van der Waals surface area contributed by atoms with E-state index in [1.54, 1.807) is 0 Å². The van der Waals surface area contributed by atoms with Crippen LogP contribution in [0.1, 0.15) is 40.7 Å². The molecule has 1 N–H and O–H groups in total. The van der Waals surface area contributed by atoms with Crippen molar-refractivity contribution < 1.29 is 19.2 Å². The minimum absolute atomic E-state index is 0.204. The van der Waals surface area contributed by atoms with E-state index in [0.717, 1.165) is 43.7 Å². The van der Waals surface area contributed by atoms with E-state index in [2.05, 4.69) is 104 Å². The second-order valence-corrected chi connectivity index (χ2v) is 14.7. The Balaban J connectivity index is 2.14. The molecule has 4 rings (SSSR count). The summed E-state index contributed by atoms with van der Waals surface area (Å²) in [7, 11) is 0. The molecule has 38 heavy (non-hydrogen) atoms. The van der Waals surface area contributed by atoms with Gasteiger partial charge in [-0.3, -0.25) is 0 Å². The zero-order chi connectivity index (χ0) is 27.4. The van der Waals surface area contributed by atoms with Crippen molar-refractivity contribution >= 4 is 34.7 Å². The number of hydrogen-bond donors (Lipinski definition) is 1. The molecule has 0 saturated heterocycles. The van der Waals surface area contributed by atoms with Gasteiger partial charge in [0.1, 0.15) is 0 Å². The van der Waals surface area contributed by atoms with E-state index in [0.29, 0.717) is 6.16 Å². The Morgan fingerprint density at radius 2 is 0.921 bits per heavy atom. The van der Waals surface area contributed by atoms with Crippen LogP contribution < -0.4 is 15.9 Å². The Morgan fingerprint density at radius 3 is 1.26 bits per heavy atom. The van der Waals surface area contributed by atoms with Crippen LogP contribution in [0.5, 0.6) is 0 Å². The summed E-state index contributed by atoms with van der Waals surface area (Å²) in [6, 6.07) is 33.1. The summed E-state index contributed by atoms with van der Waals surface area (Å²) in [6.07, 6.45) is -0.0316. The van der Waals surface area contributed by atoms with Crippen molar-refractivity contribution in [2.24, 2.45) is 0 Å². The number of aliphatic carboxylic acids is 1. The monoisotopic (exact) mass is 526 g/mol. The van der Waals surface area contributed by atoms with Crippen LogP contribution in [-0.2, 0) is 20.3 Å². The molecule has 0 fully saturated rings. The van der Waals surface area contributed by atoms with Crippen LogP contribution in [0.4, 0.5) is 0 Å². The van der Waals surface area contributed by atoms with Crippen molar-refractivity contribution in [1.82, 2.24) is 0 Å². The summed E-state index contributed by atoms with van der Waals surface area (Å²) in [6.45, 7) is 4.15. The molecule has 4 nitrogen and oxygen atoms in total. The van der Waals surface area contributed by atoms with Gasteiger partial charge in [0.25, 0.3) is 0 Å². The van der Waals surface area contributed by atoms with Gasteiger partial charge in [0.2, 0.25) is 0 Å². The molecule has 0 aromatic heterocycles. The predicted molar refractivity (Wildman–Crippen MR) is 157 cm³/mol. The SMILES string of the molecule is Cc1ccc(CP(OC(=O)CCC(=O)O)(c2ccc(C)cc2)(c2ccc(C)cc2)c2ccc(C)cc2)cc1. The molecular weight excluding hydrogens is 491 g/mol. The second-order valence-electron chi connectivity index (χ2n) is 10.2. The average molecular weight is 527 g/mol. The number of aryl methyl sites for hydroxylation is 4. The second kappa shape index (κ2) is 10.9. The third kappa shape index (κ3) is 5.28. The fourth-order valence-corrected chi connectivity index (χ4v) is 10.6. The van der Waals surface area contributed by atoms with Crippen LogP contribution >= 0.6 is 6.83 Å². The summed E-state index contributed by atoms with van der Waals surface area (Å²) in [5.41, 5.74) is 5.50. The van der Waals surface area contributed by atoms with E-state index < -0.39 is 18.8 Å². The summed E-state index contributed by atoms with van der Waals surface area (Å²) < 4.78 is 6.92. The normalized spacial score (nSPS) is 12.4. The third-order valence-electron chi connectivity index (χ3n) is 7.19. The topological polar surface area (TPSA) is 63.6 Å². The van der Waals surface area contributed by atoms with Crippen molar-refractivity contribution in [3.63, 3.8) is 0 Å². The molecule has 4 aromatic carbocycles. The molecule has 0 spiro atoms. The van der Waals surface area contributed by atoms with Gasteiger partial charge in [-0.25, -0.2) is 0 Å². The number of carbonyl (C=O) groups is 2. The molecule has 0 bridgehead atoms. The molecule has 0 atom stereocenters. The third-order valence-corrected chi connectivity index (χ3v) is 12.9. The van der Waals surface area contributed by atoms with E-state index in [1.807, 2.05) is 20.8 Å². The number of benzene rings is 4. The molecule has 0 aliphatic rings. The molecule has 0 aliphatic heterocycles. The van der Waals surface area contributed by atoms with Crippen molar-refractivity contribution in [3.8, 4) is 0 Å². The van der Waals surface area contributed by atoms with E-state index in [1.165, 1.54) is 0 Å². The fraction of sp³-hybridized carbons (Fsp3) is 0.212. The van der Waals surface area contributed by atoms with Crippen LogP contribution in [-0.4, -0.2) is 17.0 Å². The Hall–Kier alpha value is -3.75. The van der Waals surface area contributed by atoms with Crippen LogP contribution in [0.2, 0.25) is 0 Å². The van der Waals surface area contributed by atoms with Gasteiger partial charge in [0.05, 0.1) is 0 Å². The van der Waals surface area contributed by atoms with Gasteiger partial charge >= 0.3 is 225 Å². The first kappa shape index (κ1) is 27.3. The molecule has 0 unspecified atom stereocenters. The van der Waals surface area contributed by atoms with Crippen molar-refractivity contribution in [2.45, 2.75) is 46.7 Å². The first-order chi connectivity index (χ1) is 18.1. The molecule has 4 aromatic rings. The van der Waals surface area contributed by atoms with Crippen LogP contribution in [0.3, 0.4) is 0 Å². The van der Waals surface area contributed by atoms with Gasteiger partial charge in [0.15, 0.2) is 0 Å². The summed E-state index contributed by atoms with van der Waals surface area (Å²) in [5, 5.41) is 12.1. The van der Waals surface area contributed by atoms with Gasteiger partial charge in [-0.1, -0.05) is 0 Å². The number of rotatable bonds is 9. The predicted octanol–water partition coefficient (Wildman–Crippen LogP) is 6.27. The van der Waals surface area contributed by atoms with Gasteiger partial charge < -0.3 is 0 Å². The van der Waals surface area contributed by atoms with E-state index >= 15 is 0 Å². The standard InChI is InChI=1S/C33H35O4P/c1-24-5-13-28(14-6-24)23-38(29-15-7-25(2)8-16-29,30-17-9-26(3)10-18-30,31-19-11-27(4)12-20-31)37-33(36)22-21-32(34)35/h5-20H,21-23H2,1-4H3,(H,34,35). The Labute approximate surface area is 225 Å². The minimum atomic E-state index is -4.01. The Kier molecular flexibility index (Phi) is 7.85. The van der Waals surface area contributed by atoms with Crippen molar-refractivity contribution in [2.75, 3.05) is 0 Å². The maximum atomic E-state index is 13.7. The number of carboxylic acid groups (broad SMARTS) is 1. The zero-order valence-electron chi connectivity index (χ0n) is 22.5. The molecular formula is C33H35O4P. The molecule has 0 aliphatic carbocycles. The molecule has 0 radical (unpaired) electrons. The number of carbonyl (C=O) groups excluding carboxylic acids is 1. The van der Waals surface area contributed by atoms with E-state index in [9.17, 15) is 14.7 Å². The summed E-state index contributed by atoms with van der Waals surface area (Å²) >= 11 is 0. The maximum absolute atomic E-state index is 13.7. The molecule has 5 heteroatoms. The number of carboxylic acids is 1. The van der Waals surface area contributed by atoms with Crippen LogP contribution in [0, 0.1) is 27.7 Å². The van der Waals surface area contributed by atoms with Gasteiger partial charge in [-0.15, -0.1) is 0 Å². The quantitative estimate of drug-likeness (QED) is 0.261. The average Bonchev–Trinajstić information content (AvgIpc) is 2.90. The van der Waals surface area contributed by atoms with E-state index in [4.69, 9.17) is 4.52 Å². The van der Waals surface area contributed by atoms with Gasteiger partial charge in [0, 0.05) is 0 Å². The fourth-order valence-electron chi connectivity index (χ4n) is 5.01. The Morgan fingerprint density at radius 1 is 0.579 bits per heavy atom. The van der Waals surface area contributed by atoms with Crippen molar-refractivity contribution in [3.05, 3.63) is 125 Å². The van der Waals surface area contributed by atoms with Crippen molar-refractivity contribution in [1.29, 1.82) is 0 Å². The Bertz CT molecular complexity index is 1310. The molecule has 0 amide bonds. The van der Waals surface area contributed by atoms with Gasteiger partial charge in [-0.2, -0.15) is 0 Å². The van der Waals surface area contributed by atoms with Crippen LogP contribution in [0.15, 0.2) is 97.1 Å². The first-order valence-electron chi connectivity index (χ1n) is 12.9. The zero-order valence-corrected chi connectivity index (χ0v) is 23.4. The van der Waals surface area contributed by atoms with Gasteiger partial charge in [-0.05, 0) is 0 Å². The molecule has 0 heterocycles. The van der Waals surface area contributed by atoms with E-state index in [-0.39, 0.29) is 12.8 Å². The summed E-state index contributed by atoms with van der Waals surface area (Å²) in [4.78, 5) is 25.1. The number of hydrogen-bond acceptors (Lipinski definition) is 3. The molecule has 0 saturated carbocycles. The van der Waals surface area contributed by atoms with Crippen LogP contribution in [0.25, 0.3) is 0 Å². The first-order valence-corrected chi connectivity index (χ1v) is 15.2. The molecule has 196 valence electrons.